The van der Waals surface area contributed by atoms with E-state index in [1.807, 2.05) is 13.8 Å². The van der Waals surface area contributed by atoms with Crippen LogP contribution in [0, 0.1) is 5.82 Å². The van der Waals surface area contributed by atoms with E-state index in [0.29, 0.717) is 27.6 Å². The molecule has 1 aliphatic rings. The zero-order chi connectivity index (χ0) is 21.8. The van der Waals surface area contributed by atoms with E-state index in [2.05, 4.69) is 5.32 Å². The van der Waals surface area contributed by atoms with Gasteiger partial charge in [-0.3, -0.25) is 9.69 Å². The highest BCUT2D eigenvalue weighted by Gasteiger charge is 2.33. The second-order valence-electron chi connectivity index (χ2n) is 6.88. The summed E-state index contributed by atoms with van der Waals surface area (Å²) in [6.45, 7) is 3.96. The Kier molecular flexibility index (Phi) is 6.62. The number of halogens is 2. The Balaban J connectivity index is 1.84. The van der Waals surface area contributed by atoms with E-state index in [-0.39, 0.29) is 24.2 Å². The highest BCUT2D eigenvalue weighted by Crippen LogP contribution is 2.38. The van der Waals surface area contributed by atoms with Gasteiger partial charge in [0.2, 0.25) is 0 Å². The number of carbonyl (C=O) groups excluding carboxylic acids is 2. The maximum atomic E-state index is 13.1. The van der Waals surface area contributed by atoms with Crippen molar-refractivity contribution in [1.29, 1.82) is 0 Å². The molecular formula is C22H22ClFN2O4. The van der Waals surface area contributed by atoms with Crippen LogP contribution in [0.4, 0.5) is 9.18 Å². The van der Waals surface area contributed by atoms with Gasteiger partial charge in [0, 0.05) is 0 Å². The summed E-state index contributed by atoms with van der Waals surface area (Å²) < 4.78 is 24.3. The van der Waals surface area contributed by atoms with Crippen molar-refractivity contribution in [3.8, 4) is 11.5 Å². The first-order valence-corrected chi connectivity index (χ1v) is 9.83. The summed E-state index contributed by atoms with van der Waals surface area (Å²) in [5.74, 6) is -0.0209. The molecule has 0 bridgehead atoms. The van der Waals surface area contributed by atoms with Gasteiger partial charge in [-0.2, -0.15) is 0 Å². The molecule has 1 saturated heterocycles. The fourth-order valence-corrected chi connectivity index (χ4v) is 3.14. The van der Waals surface area contributed by atoms with Crippen molar-refractivity contribution in [3.05, 3.63) is 64.1 Å². The zero-order valence-corrected chi connectivity index (χ0v) is 17.6. The molecule has 2 aromatic carbocycles. The van der Waals surface area contributed by atoms with Crippen LogP contribution in [-0.4, -0.2) is 30.1 Å². The largest absolute Gasteiger partial charge is 0.493 e. The molecule has 1 heterocycles. The van der Waals surface area contributed by atoms with E-state index < -0.39 is 11.9 Å². The summed E-state index contributed by atoms with van der Waals surface area (Å²) in [6.07, 6.45) is 2.28. The van der Waals surface area contributed by atoms with E-state index >= 15 is 0 Å². The predicted octanol–water partition coefficient (Wildman–Crippen LogP) is 4.76. The first kappa shape index (κ1) is 21.6. The highest BCUT2D eigenvalue weighted by molar-refractivity contribution is 6.32. The number of amides is 3. The normalized spacial score (nSPS) is 16.0. The number of urea groups is 1. The molecule has 0 saturated carbocycles. The summed E-state index contributed by atoms with van der Waals surface area (Å²) >= 11 is 6.37. The number of rotatable bonds is 7. The fourth-order valence-electron chi connectivity index (χ4n) is 2.88. The Hall–Kier alpha value is -3.06. The number of hydrogen-bond acceptors (Lipinski definition) is 4. The Morgan fingerprint density at radius 2 is 1.93 bits per heavy atom. The zero-order valence-electron chi connectivity index (χ0n) is 16.9. The van der Waals surface area contributed by atoms with Gasteiger partial charge in [-0.1, -0.05) is 30.7 Å². The van der Waals surface area contributed by atoms with Gasteiger partial charge in [0.15, 0.2) is 11.5 Å². The average molecular weight is 433 g/mol. The van der Waals surface area contributed by atoms with Gasteiger partial charge in [0.25, 0.3) is 5.91 Å². The Morgan fingerprint density at radius 3 is 2.57 bits per heavy atom. The second-order valence-corrected chi connectivity index (χ2v) is 7.28. The van der Waals surface area contributed by atoms with Gasteiger partial charge in [-0.15, -0.1) is 0 Å². The van der Waals surface area contributed by atoms with Crippen molar-refractivity contribution in [1.82, 2.24) is 10.2 Å². The third-order valence-electron chi connectivity index (χ3n) is 4.67. The first-order chi connectivity index (χ1) is 14.3. The molecule has 158 valence electrons. The van der Waals surface area contributed by atoms with Crippen LogP contribution in [0.3, 0.4) is 0 Å². The molecule has 3 amide bonds. The SMILES string of the molecule is CC[C@@H](C)Oc1c(Cl)cc(/C=C2\NC(=O)N(Cc3ccc(F)cc3)C2=O)cc1OC. The van der Waals surface area contributed by atoms with Crippen molar-refractivity contribution in [2.24, 2.45) is 0 Å². The van der Waals surface area contributed by atoms with Crippen LogP contribution >= 0.6 is 11.6 Å². The lowest BCUT2D eigenvalue weighted by Gasteiger charge is -2.17. The van der Waals surface area contributed by atoms with Gasteiger partial charge in [0.1, 0.15) is 11.5 Å². The van der Waals surface area contributed by atoms with Crippen molar-refractivity contribution in [3.63, 3.8) is 0 Å². The van der Waals surface area contributed by atoms with E-state index in [1.54, 1.807) is 12.1 Å². The van der Waals surface area contributed by atoms with Crippen LogP contribution in [0.5, 0.6) is 11.5 Å². The monoisotopic (exact) mass is 432 g/mol. The van der Waals surface area contributed by atoms with Crippen molar-refractivity contribution in [2.45, 2.75) is 32.9 Å². The molecule has 1 atom stereocenters. The number of carbonyl (C=O) groups is 2. The lowest BCUT2D eigenvalue weighted by atomic mass is 10.1. The molecule has 0 radical (unpaired) electrons. The minimum atomic E-state index is -0.551. The van der Waals surface area contributed by atoms with Gasteiger partial charge >= 0.3 is 6.03 Å². The summed E-state index contributed by atoms with van der Waals surface area (Å²) in [7, 11) is 1.50. The molecule has 30 heavy (non-hydrogen) atoms. The van der Waals surface area contributed by atoms with Gasteiger partial charge in [-0.05, 0) is 54.8 Å². The molecule has 0 spiro atoms. The number of imide groups is 1. The quantitative estimate of drug-likeness (QED) is 0.506. The summed E-state index contributed by atoms with van der Waals surface area (Å²) in [4.78, 5) is 26.0. The van der Waals surface area contributed by atoms with Crippen molar-refractivity contribution in [2.75, 3.05) is 7.11 Å². The summed E-state index contributed by atoms with van der Waals surface area (Å²) in [5.41, 5.74) is 1.31. The minimum Gasteiger partial charge on any atom is -0.493 e. The molecule has 0 aliphatic carbocycles. The van der Waals surface area contributed by atoms with Gasteiger partial charge < -0.3 is 14.8 Å². The number of ether oxygens (including phenoxy) is 2. The lowest BCUT2D eigenvalue weighted by Crippen LogP contribution is -2.30. The molecule has 1 N–H and O–H groups in total. The molecule has 1 fully saturated rings. The fraction of sp³-hybridized carbons (Fsp3) is 0.273. The highest BCUT2D eigenvalue weighted by atomic mass is 35.5. The van der Waals surface area contributed by atoms with Crippen LogP contribution in [0.1, 0.15) is 31.4 Å². The van der Waals surface area contributed by atoms with E-state index in [1.165, 1.54) is 37.5 Å². The topological polar surface area (TPSA) is 67.9 Å². The van der Waals surface area contributed by atoms with Crippen LogP contribution in [0.25, 0.3) is 6.08 Å². The van der Waals surface area contributed by atoms with Crippen LogP contribution in [0.2, 0.25) is 5.02 Å². The molecule has 2 aromatic rings. The molecular weight excluding hydrogens is 411 g/mol. The van der Waals surface area contributed by atoms with Crippen LogP contribution in [-0.2, 0) is 11.3 Å². The second kappa shape index (κ2) is 9.17. The Bertz CT molecular complexity index is 991. The maximum Gasteiger partial charge on any atom is 0.329 e. The Morgan fingerprint density at radius 1 is 1.23 bits per heavy atom. The van der Waals surface area contributed by atoms with E-state index in [0.717, 1.165) is 11.3 Å². The molecule has 3 rings (SSSR count). The van der Waals surface area contributed by atoms with Gasteiger partial charge in [0.05, 0.1) is 24.8 Å². The van der Waals surface area contributed by atoms with E-state index in [9.17, 15) is 14.0 Å². The van der Waals surface area contributed by atoms with E-state index in [4.69, 9.17) is 21.1 Å². The standard InChI is InChI=1S/C22H22ClFN2O4/c1-4-13(2)30-20-17(23)9-15(11-19(20)29-3)10-18-21(27)26(22(28)25-18)12-14-5-7-16(24)8-6-14/h5-11,13H,4,12H2,1-3H3,(H,25,28)/b18-10-/t13-/m1/s1. The summed E-state index contributed by atoms with van der Waals surface area (Å²) in [5, 5.41) is 2.89. The number of methoxy groups -OCH3 is 1. The minimum absolute atomic E-state index is 0.0358. The Labute approximate surface area is 179 Å². The number of hydrogen-bond donors (Lipinski definition) is 1. The predicted molar refractivity (Wildman–Crippen MR) is 112 cm³/mol. The third kappa shape index (κ3) is 4.74. The molecule has 1 aliphatic heterocycles. The lowest BCUT2D eigenvalue weighted by molar-refractivity contribution is -0.123. The smallest absolute Gasteiger partial charge is 0.329 e. The molecule has 0 unspecified atom stereocenters. The molecule has 0 aromatic heterocycles. The summed E-state index contributed by atoms with van der Waals surface area (Å²) in [6, 6.07) is 8.38. The van der Waals surface area contributed by atoms with Crippen molar-refractivity contribution >= 4 is 29.6 Å². The number of nitrogens with one attached hydrogen (secondary N) is 1. The third-order valence-corrected chi connectivity index (χ3v) is 4.95. The van der Waals surface area contributed by atoms with Crippen molar-refractivity contribution < 1.29 is 23.5 Å². The first-order valence-electron chi connectivity index (χ1n) is 9.45. The maximum absolute atomic E-state index is 13.1. The molecule has 8 heteroatoms. The molecule has 6 nitrogen and oxygen atoms in total. The number of nitrogens with zero attached hydrogens (tertiary/aromatic N) is 1. The van der Waals surface area contributed by atoms with Crippen LogP contribution < -0.4 is 14.8 Å². The number of benzene rings is 2. The van der Waals surface area contributed by atoms with Gasteiger partial charge in [-0.25, -0.2) is 9.18 Å². The van der Waals surface area contributed by atoms with Crippen LogP contribution in [0.15, 0.2) is 42.1 Å². The average Bonchev–Trinajstić information content (AvgIpc) is 2.98.